The number of rotatable bonds is 2. The highest BCUT2D eigenvalue weighted by Gasteiger charge is 1.77. The minimum atomic E-state index is 0.651. The Morgan fingerprint density at radius 2 is 1.67 bits per heavy atom. The molecule has 0 aromatic carbocycles. The summed E-state index contributed by atoms with van der Waals surface area (Å²) in [6, 6.07) is 0. The normalized spacial score (nSPS) is 9.00. The zero-order chi connectivity index (χ0) is 7.70. The van der Waals surface area contributed by atoms with Gasteiger partial charge in [-0.3, -0.25) is 0 Å². The van der Waals surface area contributed by atoms with Gasteiger partial charge in [-0.25, -0.2) is 0 Å². The maximum Gasteiger partial charge on any atom is -0.0287 e. The summed E-state index contributed by atoms with van der Waals surface area (Å²) in [4.78, 5) is 0. The molecule has 0 aliphatic carbocycles. The molecule has 0 aromatic heterocycles. The van der Waals surface area contributed by atoms with Crippen molar-refractivity contribution in [3.8, 4) is 0 Å². The Morgan fingerprint density at radius 1 is 1.22 bits per heavy atom. The van der Waals surface area contributed by atoms with Gasteiger partial charge in [0, 0.05) is 0 Å². The third kappa shape index (κ3) is 18.5. The fourth-order valence-corrected chi connectivity index (χ4v) is 0.301. The number of hydrogen-bond donors (Lipinski definition) is 0. The zero-order valence-electron chi connectivity index (χ0n) is 7.02. The van der Waals surface area contributed by atoms with Gasteiger partial charge in [-0.15, -0.1) is 0 Å². The van der Waals surface area contributed by atoms with Gasteiger partial charge in [0.25, 0.3) is 0 Å². The van der Waals surface area contributed by atoms with Gasteiger partial charge in [-0.2, -0.15) is 0 Å². The third-order valence-corrected chi connectivity index (χ3v) is 0.632. The molecule has 0 radical (unpaired) electrons. The molecule has 0 heteroatoms. The van der Waals surface area contributed by atoms with E-state index in [4.69, 9.17) is 0 Å². The minimum absolute atomic E-state index is 0.651. The molecule has 0 rings (SSSR count). The predicted molar refractivity (Wildman–Crippen MR) is 45.5 cm³/mol. The topological polar surface area (TPSA) is 0 Å². The Kier molecular flexibility index (Phi) is 13.1. The van der Waals surface area contributed by atoms with Crippen LogP contribution in [-0.2, 0) is 0 Å². The van der Waals surface area contributed by atoms with Gasteiger partial charge >= 0.3 is 0 Å². The van der Waals surface area contributed by atoms with Crippen LogP contribution < -0.4 is 0 Å². The van der Waals surface area contributed by atoms with E-state index in [1.807, 2.05) is 19.9 Å². The molecule has 0 N–H and O–H groups in total. The summed E-state index contributed by atoms with van der Waals surface area (Å²) < 4.78 is 0. The first kappa shape index (κ1) is 11.3. The van der Waals surface area contributed by atoms with E-state index in [0.717, 1.165) is 0 Å². The molecule has 0 fully saturated rings. The van der Waals surface area contributed by atoms with Crippen LogP contribution in [0.4, 0.5) is 0 Å². The lowest BCUT2D eigenvalue weighted by Gasteiger charge is -1.87. The van der Waals surface area contributed by atoms with Gasteiger partial charge in [-0.1, -0.05) is 52.5 Å². The smallest absolute Gasteiger partial charge is 0.0287 e. The van der Waals surface area contributed by atoms with Crippen molar-refractivity contribution in [1.29, 1.82) is 0 Å². The monoisotopic (exact) mass is 126 g/mol. The van der Waals surface area contributed by atoms with Crippen molar-refractivity contribution >= 4 is 0 Å². The van der Waals surface area contributed by atoms with E-state index in [1.54, 1.807) is 6.08 Å². The molecule has 0 aliphatic rings. The molecule has 0 aliphatic heterocycles. The lowest BCUT2D eigenvalue weighted by molar-refractivity contribution is 0.832. The minimum Gasteiger partial charge on any atom is -0.0991 e. The fourth-order valence-electron chi connectivity index (χ4n) is 0.301. The molecule has 0 unspecified atom stereocenters. The molecular formula is C9H18. The quantitative estimate of drug-likeness (QED) is 0.497. The Labute approximate surface area is 59.3 Å². The second-order valence-electron chi connectivity index (χ2n) is 1.86. The highest BCUT2D eigenvalue weighted by molar-refractivity contribution is 4.98. The first-order chi connectivity index (χ1) is 4.27. The molecular weight excluding hydrogens is 108 g/mol. The van der Waals surface area contributed by atoms with Gasteiger partial charge < -0.3 is 0 Å². The average molecular weight is 126 g/mol. The molecule has 0 saturated heterocycles. The van der Waals surface area contributed by atoms with Crippen LogP contribution in [0.3, 0.4) is 0 Å². The summed E-state index contributed by atoms with van der Waals surface area (Å²) >= 11 is 0. The van der Waals surface area contributed by atoms with Crippen molar-refractivity contribution < 1.29 is 0 Å². The van der Waals surface area contributed by atoms with E-state index >= 15 is 0 Å². The molecule has 0 amide bonds. The van der Waals surface area contributed by atoms with Gasteiger partial charge in [0.15, 0.2) is 0 Å². The van der Waals surface area contributed by atoms with Gasteiger partial charge in [-0.05, 0) is 5.92 Å². The van der Waals surface area contributed by atoms with E-state index < -0.39 is 0 Å². The second-order valence-corrected chi connectivity index (χ2v) is 1.86. The molecule has 0 heterocycles. The number of hydrogen-bond acceptors (Lipinski definition) is 0. The van der Waals surface area contributed by atoms with E-state index in [2.05, 4.69) is 26.5 Å². The summed E-state index contributed by atoms with van der Waals surface area (Å²) in [5.74, 6) is 0.651. The SMILES string of the molecule is C=C/C=C\C(C)C.CC. The summed E-state index contributed by atoms with van der Waals surface area (Å²) in [7, 11) is 0. The van der Waals surface area contributed by atoms with Crippen LogP contribution in [0.25, 0.3) is 0 Å². The molecule has 54 valence electrons. The van der Waals surface area contributed by atoms with Crippen molar-refractivity contribution in [3.05, 3.63) is 24.8 Å². The van der Waals surface area contributed by atoms with Crippen molar-refractivity contribution in [3.63, 3.8) is 0 Å². The lowest BCUT2D eigenvalue weighted by Crippen LogP contribution is -1.73. The highest BCUT2D eigenvalue weighted by atomic mass is 13.8. The third-order valence-electron chi connectivity index (χ3n) is 0.632. The highest BCUT2D eigenvalue weighted by Crippen LogP contribution is 1.91. The molecule has 0 atom stereocenters. The zero-order valence-corrected chi connectivity index (χ0v) is 7.02. The summed E-state index contributed by atoms with van der Waals surface area (Å²) in [6.07, 6.45) is 5.86. The summed E-state index contributed by atoms with van der Waals surface area (Å²) in [6.45, 7) is 11.8. The molecule has 9 heavy (non-hydrogen) atoms. The first-order valence-electron chi connectivity index (χ1n) is 3.56. The van der Waals surface area contributed by atoms with Crippen molar-refractivity contribution in [2.24, 2.45) is 5.92 Å². The van der Waals surface area contributed by atoms with Crippen LogP contribution >= 0.6 is 0 Å². The van der Waals surface area contributed by atoms with Crippen LogP contribution in [0.5, 0.6) is 0 Å². The van der Waals surface area contributed by atoms with Crippen LogP contribution in [0.2, 0.25) is 0 Å². The average Bonchev–Trinajstić information content (AvgIpc) is 1.88. The van der Waals surface area contributed by atoms with Gasteiger partial charge in [0.1, 0.15) is 0 Å². The predicted octanol–water partition coefficient (Wildman–Crippen LogP) is 3.41. The lowest BCUT2D eigenvalue weighted by atomic mass is 10.2. The number of allylic oxidation sites excluding steroid dienone is 3. The van der Waals surface area contributed by atoms with Crippen LogP contribution in [0.1, 0.15) is 27.7 Å². The van der Waals surface area contributed by atoms with Gasteiger partial charge in [0.2, 0.25) is 0 Å². The van der Waals surface area contributed by atoms with Crippen LogP contribution in [0, 0.1) is 5.92 Å². The maximum atomic E-state index is 3.55. The summed E-state index contributed by atoms with van der Waals surface area (Å²) in [5.41, 5.74) is 0. The standard InChI is InChI=1S/C7H12.C2H6/c1-4-5-6-7(2)3;1-2/h4-7H,1H2,2-3H3;1-2H3/b6-5-;. The Morgan fingerprint density at radius 3 is 1.78 bits per heavy atom. The van der Waals surface area contributed by atoms with Crippen molar-refractivity contribution in [2.45, 2.75) is 27.7 Å². The van der Waals surface area contributed by atoms with E-state index in [1.165, 1.54) is 0 Å². The molecule has 0 bridgehead atoms. The van der Waals surface area contributed by atoms with Gasteiger partial charge in [0.05, 0.1) is 0 Å². The van der Waals surface area contributed by atoms with E-state index in [0.29, 0.717) is 5.92 Å². The van der Waals surface area contributed by atoms with E-state index in [-0.39, 0.29) is 0 Å². The van der Waals surface area contributed by atoms with Crippen molar-refractivity contribution in [1.82, 2.24) is 0 Å². The molecule has 0 spiro atoms. The van der Waals surface area contributed by atoms with Crippen LogP contribution in [-0.4, -0.2) is 0 Å². The first-order valence-corrected chi connectivity index (χ1v) is 3.56. The summed E-state index contributed by atoms with van der Waals surface area (Å²) in [5, 5.41) is 0. The maximum absolute atomic E-state index is 3.55. The molecule has 0 saturated carbocycles. The largest absolute Gasteiger partial charge is 0.0991 e. The van der Waals surface area contributed by atoms with Crippen LogP contribution in [0.15, 0.2) is 24.8 Å². The Bertz CT molecular complexity index is 68.1. The van der Waals surface area contributed by atoms with E-state index in [9.17, 15) is 0 Å². The molecule has 0 nitrogen and oxygen atoms in total. The molecule has 0 aromatic rings. The van der Waals surface area contributed by atoms with Crippen molar-refractivity contribution in [2.75, 3.05) is 0 Å². The Balaban J connectivity index is 0. The second kappa shape index (κ2) is 10.5. The Hall–Kier alpha value is -0.520. The fraction of sp³-hybridized carbons (Fsp3) is 0.556.